The molecule has 1 aliphatic rings. The lowest BCUT2D eigenvalue weighted by Gasteiger charge is -2.20. The molecule has 1 aromatic heterocycles. The molecule has 102 valence electrons. The maximum Gasteiger partial charge on any atom is 0.193 e. The quantitative estimate of drug-likeness (QED) is 0.857. The number of carbonyl (C=O) groups is 1. The van der Waals surface area contributed by atoms with Gasteiger partial charge in [-0.2, -0.15) is 0 Å². The Morgan fingerprint density at radius 1 is 1.30 bits per heavy atom. The molecule has 0 saturated carbocycles. The lowest BCUT2D eigenvalue weighted by atomic mass is 9.99. The van der Waals surface area contributed by atoms with Crippen LogP contribution in [0.5, 0.6) is 0 Å². The SMILES string of the molecule is CC(=O)CCc1c2n(c3ccccc3c1=O)CCC=C2. The Morgan fingerprint density at radius 2 is 2.10 bits per heavy atom. The van der Waals surface area contributed by atoms with E-state index >= 15 is 0 Å². The summed E-state index contributed by atoms with van der Waals surface area (Å²) >= 11 is 0. The van der Waals surface area contributed by atoms with Gasteiger partial charge in [0.1, 0.15) is 5.78 Å². The Labute approximate surface area is 117 Å². The highest BCUT2D eigenvalue weighted by Gasteiger charge is 2.16. The minimum Gasteiger partial charge on any atom is -0.340 e. The van der Waals surface area contributed by atoms with E-state index in [1.165, 1.54) is 0 Å². The maximum absolute atomic E-state index is 12.7. The summed E-state index contributed by atoms with van der Waals surface area (Å²) in [5.74, 6) is 0.121. The zero-order chi connectivity index (χ0) is 14.1. The second-order valence-electron chi connectivity index (χ2n) is 5.25. The van der Waals surface area contributed by atoms with Crippen LogP contribution >= 0.6 is 0 Å². The molecule has 0 atom stereocenters. The molecule has 0 bridgehead atoms. The summed E-state index contributed by atoms with van der Waals surface area (Å²) in [5, 5.41) is 0.755. The molecule has 0 radical (unpaired) electrons. The smallest absolute Gasteiger partial charge is 0.193 e. The molecule has 0 aliphatic carbocycles. The number of ketones is 1. The molecule has 3 rings (SSSR count). The normalized spacial score (nSPS) is 13.4. The van der Waals surface area contributed by atoms with Gasteiger partial charge in [-0.3, -0.25) is 4.79 Å². The fourth-order valence-electron chi connectivity index (χ4n) is 2.85. The first-order chi connectivity index (χ1) is 9.68. The van der Waals surface area contributed by atoms with Crippen LogP contribution in [0.2, 0.25) is 0 Å². The van der Waals surface area contributed by atoms with E-state index in [0.29, 0.717) is 12.8 Å². The highest BCUT2D eigenvalue weighted by atomic mass is 16.1. The average Bonchev–Trinajstić information content (AvgIpc) is 2.47. The third kappa shape index (κ3) is 2.09. The molecule has 0 unspecified atom stereocenters. The summed E-state index contributed by atoms with van der Waals surface area (Å²) in [6, 6.07) is 7.72. The van der Waals surface area contributed by atoms with Crippen LogP contribution in [0.15, 0.2) is 35.1 Å². The van der Waals surface area contributed by atoms with E-state index in [4.69, 9.17) is 0 Å². The average molecular weight is 267 g/mol. The number of allylic oxidation sites excluding steroid dienone is 1. The van der Waals surface area contributed by atoms with E-state index in [9.17, 15) is 9.59 Å². The number of carbonyl (C=O) groups excluding carboxylic acids is 1. The van der Waals surface area contributed by atoms with E-state index in [1.54, 1.807) is 6.92 Å². The van der Waals surface area contributed by atoms with Gasteiger partial charge in [-0.1, -0.05) is 18.2 Å². The van der Waals surface area contributed by atoms with Gasteiger partial charge in [0.05, 0.1) is 5.52 Å². The van der Waals surface area contributed by atoms with Crippen molar-refractivity contribution in [1.29, 1.82) is 0 Å². The van der Waals surface area contributed by atoms with Crippen LogP contribution in [0.25, 0.3) is 17.0 Å². The van der Waals surface area contributed by atoms with Gasteiger partial charge in [0, 0.05) is 29.6 Å². The molecule has 0 fully saturated rings. The third-order valence-electron chi connectivity index (χ3n) is 3.84. The molecule has 3 heteroatoms. The molecule has 0 saturated heterocycles. The second-order valence-corrected chi connectivity index (χ2v) is 5.25. The van der Waals surface area contributed by atoms with Crippen molar-refractivity contribution < 1.29 is 4.79 Å². The molecule has 0 amide bonds. The number of hydrogen-bond donors (Lipinski definition) is 0. The first-order valence-electron chi connectivity index (χ1n) is 6.99. The second kappa shape index (κ2) is 5.08. The van der Waals surface area contributed by atoms with Gasteiger partial charge >= 0.3 is 0 Å². The maximum atomic E-state index is 12.7. The molecular weight excluding hydrogens is 250 g/mol. The van der Waals surface area contributed by atoms with Crippen molar-refractivity contribution in [2.45, 2.75) is 32.7 Å². The van der Waals surface area contributed by atoms with E-state index in [0.717, 1.165) is 35.1 Å². The van der Waals surface area contributed by atoms with Crippen LogP contribution in [0.3, 0.4) is 0 Å². The number of para-hydroxylation sites is 1. The topological polar surface area (TPSA) is 39.1 Å². The number of benzene rings is 1. The van der Waals surface area contributed by atoms with Crippen LogP contribution in [0, 0.1) is 0 Å². The number of fused-ring (bicyclic) bond motifs is 3. The minimum absolute atomic E-state index is 0.0691. The number of hydrogen-bond acceptors (Lipinski definition) is 2. The van der Waals surface area contributed by atoms with Gasteiger partial charge in [0.15, 0.2) is 5.43 Å². The van der Waals surface area contributed by atoms with E-state index in [1.807, 2.05) is 30.3 Å². The first-order valence-corrected chi connectivity index (χ1v) is 6.99. The van der Waals surface area contributed by atoms with Crippen LogP contribution in [0.1, 0.15) is 31.0 Å². The Kier molecular flexibility index (Phi) is 3.26. The predicted octanol–water partition coefficient (Wildman–Crippen LogP) is 2.94. The van der Waals surface area contributed by atoms with Gasteiger partial charge in [0.25, 0.3) is 0 Å². The van der Waals surface area contributed by atoms with Gasteiger partial charge < -0.3 is 9.36 Å². The molecule has 0 spiro atoms. The van der Waals surface area contributed by atoms with Crippen molar-refractivity contribution in [3.63, 3.8) is 0 Å². The Balaban J connectivity index is 2.28. The molecule has 2 heterocycles. The van der Waals surface area contributed by atoms with Gasteiger partial charge in [-0.15, -0.1) is 0 Å². The van der Waals surface area contributed by atoms with Crippen LogP contribution in [-0.2, 0) is 17.8 Å². The lowest BCUT2D eigenvalue weighted by molar-refractivity contribution is -0.116. The number of pyridine rings is 1. The van der Waals surface area contributed by atoms with Crippen molar-refractivity contribution in [3.05, 3.63) is 51.8 Å². The number of rotatable bonds is 3. The molecule has 3 nitrogen and oxygen atoms in total. The third-order valence-corrected chi connectivity index (χ3v) is 3.84. The van der Waals surface area contributed by atoms with E-state index in [-0.39, 0.29) is 11.2 Å². The van der Waals surface area contributed by atoms with E-state index < -0.39 is 0 Å². The van der Waals surface area contributed by atoms with Crippen molar-refractivity contribution >= 4 is 22.8 Å². The van der Waals surface area contributed by atoms with Gasteiger partial charge in [-0.05, 0) is 38.0 Å². The Morgan fingerprint density at radius 3 is 2.90 bits per heavy atom. The molecular formula is C17H17NO2. The molecule has 1 aliphatic heterocycles. The summed E-state index contributed by atoms with van der Waals surface area (Å²) in [7, 11) is 0. The molecule has 20 heavy (non-hydrogen) atoms. The number of Topliss-reactive ketones (excluding diaryl/α,β-unsaturated/α-hetero) is 1. The van der Waals surface area contributed by atoms with Crippen LogP contribution in [-0.4, -0.2) is 10.4 Å². The van der Waals surface area contributed by atoms with Crippen molar-refractivity contribution in [2.75, 3.05) is 0 Å². The van der Waals surface area contributed by atoms with Crippen LogP contribution < -0.4 is 5.43 Å². The highest BCUT2D eigenvalue weighted by molar-refractivity contribution is 5.82. The van der Waals surface area contributed by atoms with Crippen LogP contribution in [0.4, 0.5) is 0 Å². The monoisotopic (exact) mass is 267 g/mol. The Bertz CT molecular complexity index is 768. The van der Waals surface area contributed by atoms with Gasteiger partial charge in [0.2, 0.25) is 0 Å². The predicted molar refractivity (Wildman–Crippen MR) is 80.9 cm³/mol. The fourth-order valence-corrected chi connectivity index (χ4v) is 2.85. The highest BCUT2D eigenvalue weighted by Crippen LogP contribution is 2.22. The zero-order valence-electron chi connectivity index (χ0n) is 11.6. The summed E-state index contributed by atoms with van der Waals surface area (Å²) < 4.78 is 2.20. The Hall–Kier alpha value is -2.16. The lowest BCUT2D eigenvalue weighted by Crippen LogP contribution is -2.21. The minimum atomic E-state index is 0.0691. The number of nitrogens with zero attached hydrogens (tertiary/aromatic N) is 1. The summed E-state index contributed by atoms with van der Waals surface area (Å²) in [5.41, 5.74) is 2.80. The van der Waals surface area contributed by atoms with Crippen molar-refractivity contribution in [1.82, 2.24) is 4.57 Å². The zero-order valence-corrected chi connectivity index (χ0v) is 11.6. The number of aryl methyl sites for hydroxylation is 1. The van der Waals surface area contributed by atoms with E-state index in [2.05, 4.69) is 10.6 Å². The fraction of sp³-hybridized carbons (Fsp3) is 0.294. The number of aromatic nitrogens is 1. The molecule has 0 N–H and O–H groups in total. The standard InChI is InChI=1S/C17H17NO2/c1-12(19)9-10-14-16-8-4-5-11-18(16)15-7-3-2-6-13(15)17(14)20/h2-4,6-8H,5,9-11H2,1H3. The van der Waals surface area contributed by atoms with Crippen molar-refractivity contribution in [3.8, 4) is 0 Å². The van der Waals surface area contributed by atoms with Gasteiger partial charge in [-0.25, -0.2) is 0 Å². The molecule has 1 aromatic carbocycles. The summed E-state index contributed by atoms with van der Waals surface area (Å²) in [4.78, 5) is 23.9. The largest absolute Gasteiger partial charge is 0.340 e. The first kappa shape index (κ1) is 12.9. The van der Waals surface area contributed by atoms with Crippen molar-refractivity contribution in [2.24, 2.45) is 0 Å². The summed E-state index contributed by atoms with van der Waals surface area (Å²) in [6.07, 6.45) is 6.05. The summed E-state index contributed by atoms with van der Waals surface area (Å²) in [6.45, 7) is 2.46. The molecule has 2 aromatic rings.